The maximum absolute atomic E-state index is 13.5. The molecule has 0 amide bonds. The van der Waals surface area contributed by atoms with E-state index in [2.05, 4.69) is 80.5 Å². The third kappa shape index (κ3) is 4.44. The second-order valence-electron chi connectivity index (χ2n) is 8.97. The molecule has 1 heterocycles. The lowest BCUT2D eigenvalue weighted by molar-refractivity contribution is 0.272. The largest absolute Gasteiger partial charge is 0.341 e. The molecule has 2 aromatic rings. The van der Waals surface area contributed by atoms with Crippen molar-refractivity contribution in [1.82, 2.24) is 0 Å². The van der Waals surface area contributed by atoms with Crippen LogP contribution >= 0.6 is 0 Å². The summed E-state index contributed by atoms with van der Waals surface area (Å²) >= 11 is 0. The lowest BCUT2D eigenvalue weighted by Crippen LogP contribution is -2.57. The van der Waals surface area contributed by atoms with Gasteiger partial charge in [-0.25, -0.2) is 4.39 Å². The van der Waals surface area contributed by atoms with Crippen LogP contribution in [0.25, 0.3) is 0 Å². The highest BCUT2D eigenvalue weighted by Crippen LogP contribution is 2.48. The zero-order chi connectivity index (χ0) is 22.0. The van der Waals surface area contributed by atoms with Crippen LogP contribution in [-0.2, 0) is 0 Å². The second kappa shape index (κ2) is 9.09. The second-order valence-corrected chi connectivity index (χ2v) is 8.97. The Balaban J connectivity index is 1.53. The average molecular weight is 414 g/mol. The van der Waals surface area contributed by atoms with Crippen molar-refractivity contribution in [3.05, 3.63) is 114 Å². The first-order valence-electron chi connectivity index (χ1n) is 11.3. The number of hydrogen-bond acceptors (Lipinski definition) is 1. The van der Waals surface area contributed by atoms with Gasteiger partial charge in [0.2, 0.25) is 0 Å². The standard InChI is InChI=1S/C29H32FN/c1-5-23(24-10-6-20(2)7-11-24)14-19-28-22(4)31(27-17-15-26(30)16-18-27)29(28)25-12-8-21(3)9-13-25/h5-12,15-18,23,25,28-29H,1,4,13-14,19H2,2-3H3. The van der Waals surface area contributed by atoms with Gasteiger partial charge in [-0.1, -0.05) is 66.3 Å². The quantitative estimate of drug-likeness (QED) is 0.420. The Labute approximate surface area is 186 Å². The summed E-state index contributed by atoms with van der Waals surface area (Å²) in [5.41, 5.74) is 6.11. The molecule has 1 saturated heterocycles. The van der Waals surface area contributed by atoms with E-state index in [4.69, 9.17) is 0 Å². The van der Waals surface area contributed by atoms with Crippen molar-refractivity contribution >= 4 is 5.69 Å². The summed E-state index contributed by atoms with van der Waals surface area (Å²) in [5.74, 6) is 0.995. The third-order valence-electron chi connectivity index (χ3n) is 6.89. The van der Waals surface area contributed by atoms with Gasteiger partial charge in [-0.05, 0) is 62.9 Å². The summed E-state index contributed by atoms with van der Waals surface area (Å²) in [7, 11) is 0. The predicted molar refractivity (Wildman–Crippen MR) is 130 cm³/mol. The molecular weight excluding hydrogens is 381 g/mol. The summed E-state index contributed by atoms with van der Waals surface area (Å²) in [6.45, 7) is 12.8. The zero-order valence-corrected chi connectivity index (χ0v) is 18.6. The van der Waals surface area contributed by atoms with Gasteiger partial charge in [0.15, 0.2) is 0 Å². The van der Waals surface area contributed by atoms with E-state index in [1.54, 1.807) is 12.1 Å². The van der Waals surface area contributed by atoms with Crippen molar-refractivity contribution in [2.24, 2.45) is 11.8 Å². The smallest absolute Gasteiger partial charge is 0.123 e. The van der Waals surface area contributed by atoms with Gasteiger partial charge in [-0.15, -0.1) is 6.58 Å². The zero-order valence-electron chi connectivity index (χ0n) is 18.6. The summed E-state index contributed by atoms with van der Waals surface area (Å²) in [6, 6.07) is 16.0. The van der Waals surface area contributed by atoms with E-state index in [-0.39, 0.29) is 5.82 Å². The van der Waals surface area contributed by atoms with Gasteiger partial charge < -0.3 is 4.90 Å². The van der Waals surface area contributed by atoms with Gasteiger partial charge in [0.25, 0.3) is 0 Å². The number of allylic oxidation sites excluding steroid dienone is 4. The third-order valence-corrected chi connectivity index (χ3v) is 6.89. The van der Waals surface area contributed by atoms with Crippen molar-refractivity contribution in [3.63, 3.8) is 0 Å². The van der Waals surface area contributed by atoms with E-state index < -0.39 is 0 Å². The summed E-state index contributed by atoms with van der Waals surface area (Å²) in [4.78, 5) is 2.32. The highest BCUT2D eigenvalue weighted by Gasteiger charge is 2.46. The molecule has 0 bridgehead atoms. The van der Waals surface area contributed by atoms with Crippen LogP contribution in [0.2, 0.25) is 0 Å². The molecule has 2 heteroatoms. The number of rotatable bonds is 7. The first-order chi connectivity index (χ1) is 15.0. The molecule has 0 saturated carbocycles. The average Bonchev–Trinajstić information content (AvgIpc) is 2.78. The number of benzene rings is 2. The molecule has 2 aromatic carbocycles. The molecule has 4 rings (SSSR count). The fourth-order valence-corrected chi connectivity index (χ4v) is 5.02. The fourth-order valence-electron chi connectivity index (χ4n) is 5.02. The number of halogens is 1. The van der Waals surface area contributed by atoms with E-state index in [0.29, 0.717) is 23.8 Å². The minimum atomic E-state index is -0.203. The maximum Gasteiger partial charge on any atom is 0.123 e. The van der Waals surface area contributed by atoms with E-state index in [1.165, 1.54) is 16.7 Å². The van der Waals surface area contributed by atoms with Crippen molar-refractivity contribution in [1.29, 1.82) is 0 Å². The summed E-state index contributed by atoms with van der Waals surface area (Å²) in [5, 5.41) is 0. The Morgan fingerprint density at radius 2 is 1.81 bits per heavy atom. The molecule has 2 aliphatic rings. The molecular formula is C29H32FN. The van der Waals surface area contributed by atoms with Crippen molar-refractivity contribution in [2.45, 2.75) is 45.1 Å². The highest BCUT2D eigenvalue weighted by molar-refractivity contribution is 5.59. The lowest BCUT2D eigenvalue weighted by Gasteiger charge is -2.55. The SMILES string of the molecule is C=CC(CCC1C(=C)N(c2ccc(F)cc2)C1C1C=CC(C)=CC1)c1ccc(C)cc1. The normalized spacial score (nSPS) is 23.8. The van der Waals surface area contributed by atoms with Gasteiger partial charge in [-0.3, -0.25) is 0 Å². The fraction of sp³-hybridized carbons (Fsp3) is 0.310. The van der Waals surface area contributed by atoms with Crippen LogP contribution in [0, 0.1) is 24.6 Å². The molecule has 1 aliphatic carbocycles. The van der Waals surface area contributed by atoms with Crippen LogP contribution in [0.15, 0.2) is 97.3 Å². The molecule has 0 aromatic heterocycles. The monoisotopic (exact) mass is 413 g/mol. The van der Waals surface area contributed by atoms with Crippen LogP contribution in [0.4, 0.5) is 10.1 Å². The minimum absolute atomic E-state index is 0.203. The van der Waals surface area contributed by atoms with Gasteiger partial charge in [-0.2, -0.15) is 0 Å². The van der Waals surface area contributed by atoms with E-state index in [1.807, 2.05) is 12.1 Å². The Hall–Kier alpha value is -2.87. The van der Waals surface area contributed by atoms with Crippen molar-refractivity contribution < 1.29 is 4.39 Å². The van der Waals surface area contributed by atoms with E-state index in [0.717, 1.165) is 30.6 Å². The molecule has 31 heavy (non-hydrogen) atoms. The van der Waals surface area contributed by atoms with Crippen molar-refractivity contribution in [3.8, 4) is 0 Å². The van der Waals surface area contributed by atoms with Gasteiger partial charge >= 0.3 is 0 Å². The van der Waals surface area contributed by atoms with E-state index >= 15 is 0 Å². The topological polar surface area (TPSA) is 3.24 Å². The summed E-state index contributed by atoms with van der Waals surface area (Å²) < 4.78 is 13.5. The van der Waals surface area contributed by atoms with Crippen LogP contribution in [0.1, 0.15) is 43.2 Å². The Morgan fingerprint density at radius 1 is 1.10 bits per heavy atom. The lowest BCUT2D eigenvalue weighted by atomic mass is 9.71. The van der Waals surface area contributed by atoms with Crippen LogP contribution in [-0.4, -0.2) is 6.04 Å². The molecule has 1 aliphatic heterocycles. The molecule has 0 radical (unpaired) electrons. The first-order valence-corrected chi connectivity index (χ1v) is 11.3. The van der Waals surface area contributed by atoms with Crippen LogP contribution in [0.3, 0.4) is 0 Å². The molecule has 4 unspecified atom stereocenters. The number of nitrogens with zero attached hydrogens (tertiary/aromatic N) is 1. The number of aryl methyl sites for hydroxylation is 1. The minimum Gasteiger partial charge on any atom is -0.341 e. The molecule has 0 N–H and O–H groups in total. The van der Waals surface area contributed by atoms with Crippen molar-refractivity contribution in [2.75, 3.05) is 4.90 Å². The van der Waals surface area contributed by atoms with Crippen LogP contribution in [0.5, 0.6) is 0 Å². The molecule has 160 valence electrons. The van der Waals surface area contributed by atoms with Gasteiger partial charge in [0, 0.05) is 35.2 Å². The highest BCUT2D eigenvalue weighted by atomic mass is 19.1. The maximum atomic E-state index is 13.5. The van der Waals surface area contributed by atoms with E-state index in [9.17, 15) is 4.39 Å². The molecule has 1 fully saturated rings. The Bertz CT molecular complexity index is 996. The molecule has 4 atom stereocenters. The first kappa shape index (κ1) is 21.4. The van der Waals surface area contributed by atoms with Gasteiger partial charge in [0.05, 0.1) is 0 Å². The van der Waals surface area contributed by atoms with Gasteiger partial charge in [0.1, 0.15) is 5.82 Å². The number of hydrogen-bond donors (Lipinski definition) is 0. The Morgan fingerprint density at radius 3 is 2.42 bits per heavy atom. The summed E-state index contributed by atoms with van der Waals surface area (Å²) in [6.07, 6.45) is 12.1. The van der Waals surface area contributed by atoms with Crippen LogP contribution < -0.4 is 4.90 Å². The molecule has 1 nitrogen and oxygen atoms in total. The Kier molecular flexibility index (Phi) is 6.27. The number of anilines is 1. The predicted octanol–water partition coefficient (Wildman–Crippen LogP) is 7.73. The molecule has 0 spiro atoms.